The van der Waals surface area contributed by atoms with Crippen LogP contribution in [-0.2, 0) is 4.79 Å². The molecule has 2 aromatic carbocycles. The van der Waals surface area contributed by atoms with Crippen LogP contribution in [0, 0.1) is 15.9 Å². The average Bonchev–Trinajstić information content (AvgIpc) is 2.40. The van der Waals surface area contributed by atoms with Crippen LogP contribution in [0.25, 0.3) is 11.1 Å². The quantitative estimate of drug-likeness (QED) is 0.366. The van der Waals surface area contributed by atoms with Gasteiger partial charge in [-0.05, 0) is 18.2 Å². The molecule has 2 aromatic rings. The van der Waals surface area contributed by atoms with Gasteiger partial charge in [0, 0.05) is 5.56 Å². The van der Waals surface area contributed by atoms with E-state index < -0.39 is 10.7 Å². The summed E-state index contributed by atoms with van der Waals surface area (Å²) in [4.78, 5) is 24.1. The van der Waals surface area contributed by atoms with Crippen LogP contribution in [-0.4, -0.2) is 11.0 Å². The van der Waals surface area contributed by atoms with Crippen molar-refractivity contribution >= 4 is 17.5 Å². The predicted octanol–water partition coefficient (Wildman–Crippen LogP) is 3.37. The molecule has 0 aromatic heterocycles. The first kappa shape index (κ1) is 12.6. The van der Waals surface area contributed by atoms with Gasteiger partial charge in [-0.1, -0.05) is 18.2 Å². The van der Waals surface area contributed by atoms with Gasteiger partial charge in [-0.3, -0.25) is 10.1 Å². The van der Waals surface area contributed by atoms with Gasteiger partial charge in [-0.2, -0.15) is 4.99 Å². The predicted molar refractivity (Wildman–Crippen MR) is 66.3 cm³/mol. The van der Waals surface area contributed by atoms with Crippen molar-refractivity contribution in [3.05, 3.63) is 58.4 Å². The number of halogens is 1. The van der Waals surface area contributed by atoms with E-state index >= 15 is 0 Å². The van der Waals surface area contributed by atoms with Crippen LogP contribution in [0.1, 0.15) is 0 Å². The third kappa shape index (κ3) is 2.53. The Labute approximate surface area is 107 Å². The Balaban J connectivity index is 2.72. The highest BCUT2D eigenvalue weighted by Crippen LogP contribution is 2.36. The van der Waals surface area contributed by atoms with Crippen LogP contribution in [0.15, 0.2) is 47.5 Å². The number of benzene rings is 2. The summed E-state index contributed by atoms with van der Waals surface area (Å²) in [5, 5.41) is 10.9. The first-order valence-electron chi connectivity index (χ1n) is 5.24. The molecule has 0 aliphatic carbocycles. The molecule has 0 aliphatic rings. The number of nitrogens with zero attached hydrogens (tertiary/aromatic N) is 2. The third-order valence-electron chi connectivity index (χ3n) is 2.52. The number of carbonyl (C=O) groups excluding carboxylic acids is 1. The van der Waals surface area contributed by atoms with E-state index in [1.54, 1.807) is 18.2 Å². The molecule has 0 bridgehead atoms. The van der Waals surface area contributed by atoms with Crippen molar-refractivity contribution in [2.24, 2.45) is 4.99 Å². The molecule has 0 spiro atoms. The highest BCUT2D eigenvalue weighted by atomic mass is 19.1. The molecule has 6 heteroatoms. The summed E-state index contributed by atoms with van der Waals surface area (Å²) in [6.45, 7) is 0. The summed E-state index contributed by atoms with van der Waals surface area (Å²) in [6.07, 6.45) is 1.39. The SMILES string of the molecule is O=C=Nc1ccccc1-c1ccc(F)cc1[N+](=O)[O-]. The Morgan fingerprint density at radius 1 is 1.16 bits per heavy atom. The van der Waals surface area contributed by atoms with Gasteiger partial charge in [-0.15, -0.1) is 0 Å². The van der Waals surface area contributed by atoms with E-state index in [1.807, 2.05) is 0 Å². The molecule has 0 heterocycles. The molecule has 0 N–H and O–H groups in total. The Hall–Kier alpha value is -2.85. The summed E-state index contributed by atoms with van der Waals surface area (Å²) in [6, 6.07) is 9.60. The summed E-state index contributed by atoms with van der Waals surface area (Å²) in [5.74, 6) is -0.702. The minimum absolute atomic E-state index is 0.195. The van der Waals surface area contributed by atoms with E-state index in [9.17, 15) is 19.3 Å². The number of nitro groups is 1. The second kappa shape index (κ2) is 5.20. The van der Waals surface area contributed by atoms with Crippen molar-refractivity contribution < 1.29 is 14.1 Å². The zero-order valence-corrected chi connectivity index (χ0v) is 9.54. The Morgan fingerprint density at radius 3 is 2.58 bits per heavy atom. The summed E-state index contributed by atoms with van der Waals surface area (Å²) in [5.41, 5.74) is 0.430. The molecular weight excluding hydrogens is 251 g/mol. The highest BCUT2D eigenvalue weighted by molar-refractivity contribution is 5.82. The van der Waals surface area contributed by atoms with Crippen molar-refractivity contribution in [1.82, 2.24) is 0 Å². The molecule has 0 saturated heterocycles. The van der Waals surface area contributed by atoms with Gasteiger partial charge in [-0.25, -0.2) is 9.18 Å². The molecule has 0 unspecified atom stereocenters. The molecule has 0 saturated carbocycles. The smallest absolute Gasteiger partial charge is 0.258 e. The van der Waals surface area contributed by atoms with E-state index in [0.29, 0.717) is 5.56 Å². The monoisotopic (exact) mass is 258 g/mol. The zero-order valence-electron chi connectivity index (χ0n) is 9.54. The minimum Gasteiger partial charge on any atom is -0.258 e. The fraction of sp³-hybridized carbons (Fsp3) is 0. The number of aliphatic imine (C=N–C) groups is 1. The number of para-hydroxylation sites is 1. The second-order valence-electron chi connectivity index (χ2n) is 3.64. The number of isocyanates is 1. The fourth-order valence-corrected chi connectivity index (χ4v) is 1.73. The van der Waals surface area contributed by atoms with Crippen LogP contribution in [0.5, 0.6) is 0 Å². The van der Waals surface area contributed by atoms with Gasteiger partial charge in [0.15, 0.2) is 0 Å². The zero-order chi connectivity index (χ0) is 13.8. The average molecular weight is 258 g/mol. The first-order valence-corrected chi connectivity index (χ1v) is 5.24. The highest BCUT2D eigenvalue weighted by Gasteiger charge is 2.18. The van der Waals surface area contributed by atoms with Crippen molar-refractivity contribution in [2.45, 2.75) is 0 Å². The molecule has 19 heavy (non-hydrogen) atoms. The molecule has 94 valence electrons. The number of nitro benzene ring substituents is 1. The topological polar surface area (TPSA) is 72.6 Å². The maximum atomic E-state index is 13.1. The van der Waals surface area contributed by atoms with E-state index in [1.165, 1.54) is 18.2 Å². The Kier molecular flexibility index (Phi) is 3.45. The standard InChI is InChI=1S/C13H7FN2O3/c14-9-5-6-11(13(7-9)16(18)19)10-3-1-2-4-12(10)15-8-17/h1-7H. The lowest BCUT2D eigenvalue weighted by atomic mass is 10.0. The van der Waals surface area contributed by atoms with Gasteiger partial charge >= 0.3 is 0 Å². The van der Waals surface area contributed by atoms with Crippen molar-refractivity contribution in [1.29, 1.82) is 0 Å². The molecule has 0 fully saturated rings. The third-order valence-corrected chi connectivity index (χ3v) is 2.52. The lowest BCUT2D eigenvalue weighted by molar-refractivity contribution is -0.384. The Bertz CT molecular complexity index is 694. The molecule has 5 nitrogen and oxygen atoms in total. The van der Waals surface area contributed by atoms with Crippen molar-refractivity contribution in [3.63, 3.8) is 0 Å². The normalized spacial score (nSPS) is 9.74. The van der Waals surface area contributed by atoms with Gasteiger partial charge in [0.25, 0.3) is 5.69 Å². The van der Waals surface area contributed by atoms with Crippen LogP contribution in [0.3, 0.4) is 0 Å². The van der Waals surface area contributed by atoms with Crippen molar-refractivity contribution in [2.75, 3.05) is 0 Å². The van der Waals surface area contributed by atoms with E-state index in [0.717, 1.165) is 12.1 Å². The van der Waals surface area contributed by atoms with Crippen LogP contribution in [0.4, 0.5) is 15.8 Å². The molecule has 0 radical (unpaired) electrons. The number of hydrogen-bond acceptors (Lipinski definition) is 4. The lowest BCUT2D eigenvalue weighted by Gasteiger charge is -2.05. The van der Waals surface area contributed by atoms with Crippen molar-refractivity contribution in [3.8, 4) is 11.1 Å². The maximum Gasteiger partial charge on any atom is 0.280 e. The molecule has 0 aliphatic heterocycles. The summed E-state index contributed by atoms with van der Waals surface area (Å²) in [7, 11) is 0. The van der Waals surface area contributed by atoms with E-state index in [4.69, 9.17) is 0 Å². The Morgan fingerprint density at radius 2 is 1.89 bits per heavy atom. The largest absolute Gasteiger partial charge is 0.280 e. The van der Waals surface area contributed by atoms with Crippen LogP contribution in [0.2, 0.25) is 0 Å². The van der Waals surface area contributed by atoms with Gasteiger partial charge in [0.2, 0.25) is 6.08 Å². The summed E-state index contributed by atoms with van der Waals surface area (Å²) >= 11 is 0. The maximum absolute atomic E-state index is 13.1. The molecule has 2 rings (SSSR count). The van der Waals surface area contributed by atoms with E-state index in [-0.39, 0.29) is 16.9 Å². The van der Waals surface area contributed by atoms with Crippen LogP contribution < -0.4 is 0 Å². The lowest BCUT2D eigenvalue weighted by Crippen LogP contribution is -1.93. The molecule has 0 atom stereocenters. The van der Waals surface area contributed by atoms with Crippen LogP contribution >= 0.6 is 0 Å². The van der Waals surface area contributed by atoms with Gasteiger partial charge in [0.05, 0.1) is 22.2 Å². The second-order valence-corrected chi connectivity index (χ2v) is 3.64. The first-order chi connectivity index (χ1) is 9.13. The van der Waals surface area contributed by atoms with Gasteiger partial charge < -0.3 is 0 Å². The fourth-order valence-electron chi connectivity index (χ4n) is 1.73. The minimum atomic E-state index is -0.702. The molecular formula is C13H7FN2O3. The number of hydrogen-bond donors (Lipinski definition) is 0. The summed E-state index contributed by atoms with van der Waals surface area (Å²) < 4.78 is 13.1. The van der Waals surface area contributed by atoms with Gasteiger partial charge in [0.1, 0.15) is 5.82 Å². The van der Waals surface area contributed by atoms with E-state index in [2.05, 4.69) is 4.99 Å². The number of rotatable bonds is 3. The molecule has 0 amide bonds.